The van der Waals surface area contributed by atoms with E-state index in [0.29, 0.717) is 25.8 Å². The van der Waals surface area contributed by atoms with Gasteiger partial charge in [-0.25, -0.2) is 13.1 Å². The number of nitrogens with one attached hydrogen (secondary N) is 1. The second kappa shape index (κ2) is 8.20. The molecule has 0 bridgehead atoms. The smallest absolute Gasteiger partial charge is 0.264 e. The normalized spacial score (nSPS) is 19.7. The number of hydrogen-bond donors (Lipinski definition) is 1. The predicted molar refractivity (Wildman–Crippen MR) is 100 cm³/mol. The Balaban J connectivity index is 2.08. The van der Waals surface area contributed by atoms with Crippen LogP contribution in [-0.2, 0) is 26.0 Å². The van der Waals surface area contributed by atoms with Gasteiger partial charge in [0.15, 0.2) is 0 Å². The highest BCUT2D eigenvalue weighted by Crippen LogP contribution is 2.32. The van der Waals surface area contributed by atoms with Crippen molar-refractivity contribution in [2.45, 2.75) is 69.7 Å². The van der Waals surface area contributed by atoms with Gasteiger partial charge in [-0.3, -0.25) is 9.59 Å². The van der Waals surface area contributed by atoms with Crippen molar-refractivity contribution in [3.63, 3.8) is 0 Å². The molecule has 1 aromatic carbocycles. The molecule has 1 N–H and O–H groups in total. The van der Waals surface area contributed by atoms with Gasteiger partial charge in [-0.2, -0.15) is 0 Å². The number of sulfonamides is 1. The summed E-state index contributed by atoms with van der Waals surface area (Å²) in [6.07, 6.45) is 4.52. The van der Waals surface area contributed by atoms with Crippen LogP contribution in [0.5, 0.6) is 0 Å². The molecule has 7 heteroatoms. The van der Waals surface area contributed by atoms with Crippen LogP contribution in [0.2, 0.25) is 0 Å². The van der Waals surface area contributed by atoms with Crippen LogP contribution in [0.4, 0.5) is 0 Å². The Labute approximate surface area is 156 Å². The molecular weight excluding hydrogens is 352 g/mol. The summed E-state index contributed by atoms with van der Waals surface area (Å²) >= 11 is 0. The third-order valence-electron chi connectivity index (χ3n) is 4.95. The van der Waals surface area contributed by atoms with E-state index in [1.807, 2.05) is 6.92 Å². The summed E-state index contributed by atoms with van der Waals surface area (Å²) in [4.78, 5) is 26.2. The maximum Gasteiger partial charge on any atom is 0.264 e. The zero-order chi connectivity index (χ0) is 19.4. The second-order valence-electron chi connectivity index (χ2n) is 7.00. The topological polar surface area (TPSA) is 83.6 Å². The fourth-order valence-corrected chi connectivity index (χ4v) is 4.13. The van der Waals surface area contributed by atoms with Crippen molar-refractivity contribution < 1.29 is 18.0 Å². The van der Waals surface area contributed by atoms with Crippen LogP contribution in [0.1, 0.15) is 58.4 Å². The van der Waals surface area contributed by atoms with Crippen molar-refractivity contribution in [1.29, 1.82) is 0 Å². The quantitative estimate of drug-likeness (QED) is 0.751. The molecule has 1 aromatic rings. The number of hydrogen-bond acceptors (Lipinski definition) is 4. The van der Waals surface area contributed by atoms with Crippen LogP contribution in [0, 0.1) is 0 Å². The number of amides is 2. The molecule has 0 saturated carbocycles. The largest absolute Gasteiger partial charge is 0.328 e. The van der Waals surface area contributed by atoms with Crippen molar-refractivity contribution in [1.82, 2.24) is 9.62 Å². The molecule has 1 aliphatic rings. The van der Waals surface area contributed by atoms with Gasteiger partial charge in [0.05, 0.1) is 4.90 Å². The number of rotatable bonds is 8. The zero-order valence-electron chi connectivity index (χ0n) is 15.7. The number of carbonyl (C=O) groups excluding carboxylic acids is 2. The molecule has 144 valence electrons. The summed E-state index contributed by atoms with van der Waals surface area (Å²) in [6, 6.07) is 6.58. The van der Waals surface area contributed by atoms with Crippen molar-refractivity contribution in [3.8, 4) is 0 Å². The van der Waals surface area contributed by atoms with E-state index in [4.69, 9.17) is 0 Å². The van der Waals surface area contributed by atoms with Crippen molar-refractivity contribution >= 4 is 21.8 Å². The average molecular weight is 381 g/mol. The van der Waals surface area contributed by atoms with E-state index >= 15 is 0 Å². The first-order valence-electron chi connectivity index (χ1n) is 9.21. The summed E-state index contributed by atoms with van der Waals surface area (Å²) in [5.74, 6) is -0.766. The zero-order valence-corrected chi connectivity index (χ0v) is 16.6. The Morgan fingerprint density at radius 3 is 2.31 bits per heavy atom. The summed E-state index contributed by atoms with van der Waals surface area (Å²) in [5, 5.41) is 0. The van der Waals surface area contributed by atoms with Crippen molar-refractivity contribution in [2.75, 3.05) is 6.54 Å². The molecular formula is C19H28N2O4S. The lowest BCUT2D eigenvalue weighted by atomic mass is 9.85. The Kier molecular flexibility index (Phi) is 6.44. The van der Waals surface area contributed by atoms with Gasteiger partial charge in [0.25, 0.3) is 15.9 Å². The van der Waals surface area contributed by atoms with E-state index < -0.39 is 21.5 Å². The minimum absolute atomic E-state index is 0.0560. The average Bonchev–Trinajstić information content (AvgIpc) is 2.58. The number of nitrogens with zero attached hydrogens (tertiary/aromatic N) is 1. The fraction of sp³-hybridized carbons (Fsp3) is 0.579. The van der Waals surface area contributed by atoms with Gasteiger partial charge in [-0.1, -0.05) is 32.4 Å². The predicted octanol–water partition coefficient (Wildman–Crippen LogP) is 2.63. The van der Waals surface area contributed by atoms with E-state index in [-0.39, 0.29) is 10.8 Å². The van der Waals surface area contributed by atoms with Gasteiger partial charge in [0.1, 0.15) is 5.54 Å². The molecule has 1 saturated heterocycles. The molecule has 2 amide bonds. The highest BCUT2D eigenvalue weighted by molar-refractivity contribution is 7.90. The first-order chi connectivity index (χ1) is 12.2. The van der Waals surface area contributed by atoms with Crippen molar-refractivity contribution in [3.05, 3.63) is 29.8 Å². The van der Waals surface area contributed by atoms with Gasteiger partial charge >= 0.3 is 0 Å². The molecule has 1 heterocycles. The summed E-state index contributed by atoms with van der Waals surface area (Å²) in [7, 11) is -3.96. The van der Waals surface area contributed by atoms with E-state index in [1.165, 1.54) is 17.0 Å². The van der Waals surface area contributed by atoms with Gasteiger partial charge < -0.3 is 4.90 Å². The number of benzene rings is 1. The lowest BCUT2D eigenvalue weighted by molar-refractivity contribution is -0.156. The third-order valence-corrected chi connectivity index (χ3v) is 6.30. The Morgan fingerprint density at radius 2 is 1.81 bits per heavy atom. The standard InChI is InChI=1S/C19H28N2O4S/c1-4-6-8-15-9-11-16(12-10-15)26(24,25)20-18(23)19(3)13-14-21(19)17(22)7-5-2/h9-12H,4-8,13-14H2,1-3H3,(H,20,23). The molecule has 0 aliphatic carbocycles. The van der Waals surface area contributed by atoms with Crippen LogP contribution in [0.3, 0.4) is 0 Å². The minimum atomic E-state index is -3.96. The van der Waals surface area contributed by atoms with Crippen LogP contribution in [0.25, 0.3) is 0 Å². The summed E-state index contributed by atoms with van der Waals surface area (Å²) < 4.78 is 27.2. The molecule has 1 atom stereocenters. The van der Waals surface area contributed by atoms with Gasteiger partial charge in [-0.15, -0.1) is 0 Å². The summed E-state index contributed by atoms with van der Waals surface area (Å²) in [5.41, 5.74) is -0.0279. The van der Waals surface area contributed by atoms with Gasteiger partial charge in [0.2, 0.25) is 5.91 Å². The number of likely N-dealkylation sites (tertiary alicyclic amines) is 1. The molecule has 0 spiro atoms. The van der Waals surface area contributed by atoms with Gasteiger partial charge in [-0.05, 0) is 50.3 Å². The molecule has 1 unspecified atom stereocenters. The lowest BCUT2D eigenvalue weighted by Crippen LogP contribution is -2.67. The maximum atomic E-state index is 12.6. The first kappa shape index (κ1) is 20.4. The van der Waals surface area contributed by atoms with E-state index in [0.717, 1.165) is 24.8 Å². The molecule has 0 radical (unpaired) electrons. The maximum absolute atomic E-state index is 12.6. The minimum Gasteiger partial charge on any atom is -0.328 e. The first-order valence-corrected chi connectivity index (χ1v) is 10.7. The van der Waals surface area contributed by atoms with Gasteiger partial charge in [0, 0.05) is 13.0 Å². The molecule has 2 rings (SSSR count). The van der Waals surface area contributed by atoms with E-state index in [9.17, 15) is 18.0 Å². The lowest BCUT2D eigenvalue weighted by Gasteiger charge is -2.48. The molecule has 0 aromatic heterocycles. The highest BCUT2D eigenvalue weighted by Gasteiger charge is 2.50. The molecule has 1 fully saturated rings. The Hall–Kier alpha value is -1.89. The molecule has 1 aliphatic heterocycles. The Bertz CT molecular complexity index is 758. The monoisotopic (exact) mass is 380 g/mol. The SMILES string of the molecule is CCCCc1ccc(S(=O)(=O)NC(=O)C2(C)CCN2C(=O)CCC)cc1. The summed E-state index contributed by atoms with van der Waals surface area (Å²) in [6.45, 7) is 6.09. The van der Waals surface area contributed by atoms with E-state index in [1.54, 1.807) is 19.1 Å². The molecule has 6 nitrogen and oxygen atoms in total. The van der Waals surface area contributed by atoms with Crippen LogP contribution in [-0.4, -0.2) is 37.2 Å². The number of aryl methyl sites for hydroxylation is 1. The van der Waals surface area contributed by atoms with Crippen molar-refractivity contribution in [2.24, 2.45) is 0 Å². The number of carbonyl (C=O) groups is 2. The van der Waals surface area contributed by atoms with E-state index in [2.05, 4.69) is 11.6 Å². The third kappa shape index (κ3) is 4.26. The van der Waals surface area contributed by atoms with Crippen LogP contribution in [0.15, 0.2) is 29.2 Å². The van der Waals surface area contributed by atoms with Crippen LogP contribution >= 0.6 is 0 Å². The number of unbranched alkanes of at least 4 members (excludes halogenated alkanes) is 1. The Morgan fingerprint density at radius 1 is 1.15 bits per heavy atom. The fourth-order valence-electron chi connectivity index (χ4n) is 3.05. The van der Waals surface area contributed by atoms with Crippen LogP contribution < -0.4 is 4.72 Å². The highest BCUT2D eigenvalue weighted by atomic mass is 32.2. The molecule has 26 heavy (non-hydrogen) atoms. The second-order valence-corrected chi connectivity index (χ2v) is 8.68.